The van der Waals surface area contributed by atoms with Crippen LogP contribution in [-0.2, 0) is 9.59 Å². The Labute approximate surface area is 108 Å². The number of aliphatic carboxylic acids is 2. The summed E-state index contributed by atoms with van der Waals surface area (Å²) in [5.74, 6) is -1.48. The van der Waals surface area contributed by atoms with Crippen molar-refractivity contribution < 1.29 is 19.8 Å². The van der Waals surface area contributed by atoms with Gasteiger partial charge in [-0.15, -0.1) is 0 Å². The summed E-state index contributed by atoms with van der Waals surface area (Å²) in [6, 6.07) is 0. The second-order valence-electron chi connectivity index (χ2n) is 4.10. The van der Waals surface area contributed by atoms with Crippen molar-refractivity contribution in [1.82, 2.24) is 0 Å². The number of carbonyl (C=O) groups is 2. The van der Waals surface area contributed by atoms with Crippen molar-refractivity contribution in [1.29, 1.82) is 0 Å². The van der Waals surface area contributed by atoms with Gasteiger partial charge in [-0.05, 0) is 38.5 Å². The molecule has 0 unspecified atom stereocenters. The first-order chi connectivity index (χ1) is 8.63. The molecule has 0 aromatic carbocycles. The van der Waals surface area contributed by atoms with Crippen LogP contribution < -0.4 is 0 Å². The topological polar surface area (TPSA) is 74.6 Å². The molecule has 0 fully saturated rings. The lowest BCUT2D eigenvalue weighted by Gasteiger charge is -1.93. The molecule has 0 bridgehead atoms. The molecule has 0 rings (SSSR count). The number of unbranched alkanes of at least 4 members (excludes halogenated alkanes) is 3. The minimum absolute atomic E-state index is 0.226. The van der Waals surface area contributed by atoms with Crippen molar-refractivity contribution >= 4 is 11.9 Å². The van der Waals surface area contributed by atoms with E-state index in [2.05, 4.69) is 12.2 Å². The molecule has 0 spiro atoms. The maximum Gasteiger partial charge on any atom is 0.303 e. The van der Waals surface area contributed by atoms with Crippen molar-refractivity contribution in [3.63, 3.8) is 0 Å². The van der Waals surface area contributed by atoms with Crippen LogP contribution >= 0.6 is 0 Å². The van der Waals surface area contributed by atoms with E-state index in [1.54, 1.807) is 0 Å². The van der Waals surface area contributed by atoms with Gasteiger partial charge in [-0.1, -0.05) is 24.3 Å². The molecule has 4 nitrogen and oxygen atoms in total. The summed E-state index contributed by atoms with van der Waals surface area (Å²) in [4.78, 5) is 20.5. The summed E-state index contributed by atoms with van der Waals surface area (Å²) in [5.41, 5.74) is 0. The summed E-state index contributed by atoms with van der Waals surface area (Å²) in [6.07, 6.45) is 13.5. The predicted octanol–water partition coefficient (Wildman–Crippen LogP) is 3.39. The number of carboxylic acid groups (broad SMARTS) is 2. The SMILES string of the molecule is O=C(O)CCC/C=C\C/C=C\CCCCC(=O)O. The number of rotatable bonds is 11. The molecular formula is C14H22O4. The first kappa shape index (κ1) is 16.4. The van der Waals surface area contributed by atoms with E-state index in [1.807, 2.05) is 12.2 Å². The third-order valence-electron chi connectivity index (χ3n) is 2.38. The van der Waals surface area contributed by atoms with E-state index < -0.39 is 11.9 Å². The predicted molar refractivity (Wildman–Crippen MR) is 70.5 cm³/mol. The molecule has 0 saturated carbocycles. The largest absolute Gasteiger partial charge is 0.481 e. The zero-order valence-electron chi connectivity index (χ0n) is 10.7. The average Bonchev–Trinajstić information content (AvgIpc) is 2.29. The highest BCUT2D eigenvalue weighted by Crippen LogP contribution is 2.02. The third kappa shape index (κ3) is 14.4. The van der Waals surface area contributed by atoms with Crippen LogP contribution in [0.25, 0.3) is 0 Å². The maximum absolute atomic E-state index is 10.2. The Morgan fingerprint density at radius 1 is 0.722 bits per heavy atom. The summed E-state index contributed by atoms with van der Waals surface area (Å²) in [6.45, 7) is 0. The van der Waals surface area contributed by atoms with Crippen molar-refractivity contribution in [2.75, 3.05) is 0 Å². The molecule has 0 aromatic rings. The van der Waals surface area contributed by atoms with Gasteiger partial charge in [-0.25, -0.2) is 0 Å². The number of carboxylic acids is 2. The highest BCUT2D eigenvalue weighted by Gasteiger charge is 1.94. The van der Waals surface area contributed by atoms with Gasteiger partial charge in [0.15, 0.2) is 0 Å². The third-order valence-corrected chi connectivity index (χ3v) is 2.38. The summed E-state index contributed by atoms with van der Waals surface area (Å²) < 4.78 is 0. The molecule has 0 aromatic heterocycles. The van der Waals surface area contributed by atoms with E-state index in [9.17, 15) is 9.59 Å². The van der Waals surface area contributed by atoms with Gasteiger partial charge in [0.2, 0.25) is 0 Å². The summed E-state index contributed by atoms with van der Waals surface area (Å²) in [5, 5.41) is 16.8. The molecular weight excluding hydrogens is 232 g/mol. The van der Waals surface area contributed by atoms with Crippen LogP contribution in [0.2, 0.25) is 0 Å². The van der Waals surface area contributed by atoms with Gasteiger partial charge in [-0.3, -0.25) is 9.59 Å². The zero-order chi connectivity index (χ0) is 13.6. The van der Waals surface area contributed by atoms with Gasteiger partial charge in [0.1, 0.15) is 0 Å². The molecule has 0 saturated heterocycles. The van der Waals surface area contributed by atoms with E-state index in [-0.39, 0.29) is 12.8 Å². The Bertz CT molecular complexity index is 292. The second kappa shape index (κ2) is 11.9. The van der Waals surface area contributed by atoms with Gasteiger partial charge in [0, 0.05) is 12.8 Å². The van der Waals surface area contributed by atoms with Crippen LogP contribution in [0.1, 0.15) is 51.4 Å². The average molecular weight is 254 g/mol. The minimum atomic E-state index is -0.746. The molecule has 4 heteroatoms. The van der Waals surface area contributed by atoms with E-state index in [4.69, 9.17) is 10.2 Å². The van der Waals surface area contributed by atoms with Crippen LogP contribution in [0.5, 0.6) is 0 Å². The maximum atomic E-state index is 10.2. The molecule has 0 atom stereocenters. The van der Waals surface area contributed by atoms with E-state index >= 15 is 0 Å². The van der Waals surface area contributed by atoms with Crippen LogP contribution in [0.4, 0.5) is 0 Å². The first-order valence-electron chi connectivity index (χ1n) is 6.36. The fourth-order valence-electron chi connectivity index (χ4n) is 1.42. The minimum Gasteiger partial charge on any atom is -0.481 e. The highest BCUT2D eigenvalue weighted by atomic mass is 16.4. The smallest absolute Gasteiger partial charge is 0.303 e. The lowest BCUT2D eigenvalue weighted by Crippen LogP contribution is -1.92. The van der Waals surface area contributed by atoms with E-state index in [0.29, 0.717) is 6.42 Å². The molecule has 18 heavy (non-hydrogen) atoms. The Kier molecular flexibility index (Phi) is 10.8. The van der Waals surface area contributed by atoms with Gasteiger partial charge < -0.3 is 10.2 Å². The molecule has 0 aliphatic rings. The number of hydrogen-bond acceptors (Lipinski definition) is 2. The van der Waals surface area contributed by atoms with Crippen molar-refractivity contribution in [2.24, 2.45) is 0 Å². The Morgan fingerprint density at radius 3 is 1.78 bits per heavy atom. The molecule has 0 radical (unpaired) electrons. The lowest BCUT2D eigenvalue weighted by molar-refractivity contribution is -0.138. The zero-order valence-corrected chi connectivity index (χ0v) is 10.7. The van der Waals surface area contributed by atoms with Crippen molar-refractivity contribution in [3.8, 4) is 0 Å². The number of hydrogen-bond donors (Lipinski definition) is 2. The first-order valence-corrected chi connectivity index (χ1v) is 6.36. The van der Waals surface area contributed by atoms with Crippen molar-refractivity contribution in [2.45, 2.75) is 51.4 Å². The Hall–Kier alpha value is -1.58. The summed E-state index contributed by atoms with van der Waals surface area (Å²) in [7, 11) is 0. The van der Waals surface area contributed by atoms with Gasteiger partial charge in [0.05, 0.1) is 0 Å². The highest BCUT2D eigenvalue weighted by molar-refractivity contribution is 5.66. The van der Waals surface area contributed by atoms with Gasteiger partial charge in [0.25, 0.3) is 0 Å². The van der Waals surface area contributed by atoms with Crippen LogP contribution in [0.15, 0.2) is 24.3 Å². The molecule has 0 amide bonds. The second-order valence-corrected chi connectivity index (χ2v) is 4.10. The fraction of sp³-hybridized carbons (Fsp3) is 0.571. The van der Waals surface area contributed by atoms with Crippen LogP contribution in [0, 0.1) is 0 Å². The van der Waals surface area contributed by atoms with Gasteiger partial charge in [-0.2, -0.15) is 0 Å². The van der Waals surface area contributed by atoms with E-state index in [0.717, 1.165) is 32.1 Å². The molecule has 2 N–H and O–H groups in total. The monoisotopic (exact) mass is 254 g/mol. The van der Waals surface area contributed by atoms with Gasteiger partial charge >= 0.3 is 11.9 Å². The Morgan fingerprint density at radius 2 is 1.22 bits per heavy atom. The van der Waals surface area contributed by atoms with Crippen molar-refractivity contribution in [3.05, 3.63) is 24.3 Å². The quantitative estimate of drug-likeness (QED) is 0.438. The molecule has 0 aliphatic heterocycles. The molecule has 0 aliphatic carbocycles. The molecule has 102 valence electrons. The Balaban J connectivity index is 3.29. The van der Waals surface area contributed by atoms with E-state index in [1.165, 1.54) is 0 Å². The standard InChI is InChI=1S/C14H22O4/c15-13(16)11-9-7-5-3-1-2-4-6-8-10-12-14(17)18/h1,3-4,6H,2,5,7-12H2,(H,15,16)(H,17,18)/b3-1-,6-4-. The summed E-state index contributed by atoms with van der Waals surface area (Å²) >= 11 is 0. The number of allylic oxidation sites excluding steroid dienone is 4. The molecule has 0 heterocycles. The van der Waals surface area contributed by atoms with Crippen LogP contribution in [0.3, 0.4) is 0 Å². The normalized spacial score (nSPS) is 11.3. The fourth-order valence-corrected chi connectivity index (χ4v) is 1.42. The van der Waals surface area contributed by atoms with Crippen LogP contribution in [-0.4, -0.2) is 22.2 Å². The lowest BCUT2D eigenvalue weighted by atomic mass is 10.2.